The first kappa shape index (κ1) is 17.0. The van der Waals surface area contributed by atoms with Crippen LogP contribution >= 0.6 is 11.5 Å². The number of hydrogen-bond donors (Lipinski definition) is 1. The Morgan fingerprint density at radius 1 is 1.38 bits per heavy atom. The molecule has 0 radical (unpaired) electrons. The lowest BCUT2D eigenvalue weighted by molar-refractivity contribution is 0.0936. The summed E-state index contributed by atoms with van der Waals surface area (Å²) in [5.41, 5.74) is 2.10. The molecule has 2 heterocycles. The van der Waals surface area contributed by atoms with E-state index in [2.05, 4.69) is 50.1 Å². The molecular formula is C18H24N4OS. The minimum Gasteiger partial charge on any atom is -0.351 e. The van der Waals surface area contributed by atoms with Crippen LogP contribution in [-0.2, 0) is 6.42 Å². The molecule has 1 aromatic carbocycles. The molecule has 3 rings (SSSR count). The van der Waals surface area contributed by atoms with Crippen molar-refractivity contribution in [3.63, 3.8) is 0 Å². The molecule has 24 heavy (non-hydrogen) atoms. The molecule has 1 aromatic heterocycles. The third-order valence-electron chi connectivity index (χ3n) is 4.57. The Hall–Kier alpha value is -1.79. The molecule has 0 spiro atoms. The summed E-state index contributed by atoms with van der Waals surface area (Å²) >= 11 is 1.17. The van der Waals surface area contributed by atoms with E-state index >= 15 is 0 Å². The fraction of sp³-hybridized carbons (Fsp3) is 0.500. The second kappa shape index (κ2) is 8.35. The molecule has 5 nitrogen and oxygen atoms in total. The topological polar surface area (TPSA) is 58.1 Å². The van der Waals surface area contributed by atoms with E-state index in [4.69, 9.17) is 0 Å². The number of benzene rings is 1. The van der Waals surface area contributed by atoms with Crippen molar-refractivity contribution in [2.24, 2.45) is 5.92 Å². The normalized spacial score (nSPS) is 18.5. The molecule has 1 aliphatic heterocycles. The molecule has 1 atom stereocenters. The van der Waals surface area contributed by atoms with Crippen LogP contribution in [0, 0.1) is 12.8 Å². The SMILES string of the molecule is Cc1nnsc1C(=O)NCC1CCCN(CCc2ccccc2)C1. The summed E-state index contributed by atoms with van der Waals surface area (Å²) in [4.78, 5) is 15.3. The summed E-state index contributed by atoms with van der Waals surface area (Å²) in [6.45, 7) is 5.87. The second-order valence-electron chi connectivity index (χ2n) is 6.44. The molecule has 1 N–H and O–H groups in total. The van der Waals surface area contributed by atoms with Crippen molar-refractivity contribution in [2.45, 2.75) is 26.2 Å². The van der Waals surface area contributed by atoms with Gasteiger partial charge in [0.1, 0.15) is 4.88 Å². The highest BCUT2D eigenvalue weighted by atomic mass is 32.1. The van der Waals surface area contributed by atoms with Crippen LogP contribution in [0.5, 0.6) is 0 Å². The van der Waals surface area contributed by atoms with Gasteiger partial charge < -0.3 is 10.2 Å². The third kappa shape index (κ3) is 4.61. The minimum atomic E-state index is -0.0380. The lowest BCUT2D eigenvalue weighted by atomic mass is 9.97. The van der Waals surface area contributed by atoms with Crippen LogP contribution in [0.4, 0.5) is 0 Å². The predicted octanol–water partition coefficient (Wildman–Crippen LogP) is 2.53. The minimum absolute atomic E-state index is 0.0380. The number of nitrogens with zero attached hydrogens (tertiary/aromatic N) is 3. The van der Waals surface area contributed by atoms with Gasteiger partial charge in [0.05, 0.1) is 5.69 Å². The van der Waals surface area contributed by atoms with Gasteiger partial charge in [-0.25, -0.2) is 0 Å². The van der Waals surface area contributed by atoms with E-state index < -0.39 is 0 Å². The van der Waals surface area contributed by atoms with Crippen molar-refractivity contribution < 1.29 is 4.79 Å². The van der Waals surface area contributed by atoms with Gasteiger partial charge >= 0.3 is 0 Å². The molecule has 1 unspecified atom stereocenters. The maximum atomic E-state index is 12.2. The summed E-state index contributed by atoms with van der Waals surface area (Å²) in [6.07, 6.45) is 3.48. The van der Waals surface area contributed by atoms with Crippen LogP contribution in [0.2, 0.25) is 0 Å². The van der Waals surface area contributed by atoms with Gasteiger partial charge in [-0.3, -0.25) is 4.79 Å². The number of rotatable bonds is 6. The molecule has 0 saturated carbocycles. The molecule has 0 bridgehead atoms. The summed E-state index contributed by atoms with van der Waals surface area (Å²) in [6, 6.07) is 10.6. The number of aryl methyl sites for hydroxylation is 1. The molecule has 1 fully saturated rings. The van der Waals surface area contributed by atoms with Crippen LogP contribution in [0.1, 0.15) is 33.8 Å². The highest BCUT2D eigenvalue weighted by Gasteiger charge is 2.21. The Balaban J connectivity index is 1.44. The van der Waals surface area contributed by atoms with Crippen LogP contribution in [0.3, 0.4) is 0 Å². The van der Waals surface area contributed by atoms with Crippen LogP contribution < -0.4 is 5.32 Å². The zero-order valence-corrected chi connectivity index (χ0v) is 14.9. The number of aromatic nitrogens is 2. The van der Waals surface area contributed by atoms with Crippen molar-refractivity contribution in [3.8, 4) is 0 Å². The lowest BCUT2D eigenvalue weighted by Crippen LogP contribution is -2.41. The molecular weight excluding hydrogens is 320 g/mol. The van der Waals surface area contributed by atoms with Gasteiger partial charge in [0.2, 0.25) is 0 Å². The highest BCUT2D eigenvalue weighted by Crippen LogP contribution is 2.17. The van der Waals surface area contributed by atoms with Gasteiger partial charge in [0.25, 0.3) is 5.91 Å². The number of hydrogen-bond acceptors (Lipinski definition) is 5. The first-order chi connectivity index (χ1) is 11.7. The molecule has 1 aliphatic rings. The van der Waals surface area contributed by atoms with Gasteiger partial charge in [0.15, 0.2) is 0 Å². The predicted molar refractivity (Wildman–Crippen MR) is 96.3 cm³/mol. The van der Waals surface area contributed by atoms with Crippen LogP contribution in [0.15, 0.2) is 30.3 Å². The average Bonchev–Trinajstić information content (AvgIpc) is 3.05. The largest absolute Gasteiger partial charge is 0.351 e. The summed E-state index contributed by atoms with van der Waals surface area (Å²) < 4.78 is 3.83. The fourth-order valence-corrected chi connectivity index (χ4v) is 3.78. The number of nitrogens with one attached hydrogen (secondary N) is 1. The third-order valence-corrected chi connectivity index (χ3v) is 5.40. The lowest BCUT2D eigenvalue weighted by Gasteiger charge is -2.32. The molecule has 6 heteroatoms. The van der Waals surface area contributed by atoms with Gasteiger partial charge in [0, 0.05) is 19.6 Å². The van der Waals surface area contributed by atoms with E-state index in [0.29, 0.717) is 16.5 Å². The molecule has 1 amide bonds. The Labute approximate surface area is 147 Å². The van der Waals surface area contributed by atoms with Crippen LogP contribution in [0.25, 0.3) is 0 Å². The van der Waals surface area contributed by atoms with E-state index in [1.54, 1.807) is 0 Å². The Bertz CT molecular complexity index is 658. The van der Waals surface area contributed by atoms with Crippen molar-refractivity contribution in [1.29, 1.82) is 0 Å². The quantitative estimate of drug-likeness (QED) is 0.875. The van der Waals surface area contributed by atoms with Gasteiger partial charge in [-0.1, -0.05) is 34.8 Å². The number of carbonyl (C=O) groups is 1. The summed E-state index contributed by atoms with van der Waals surface area (Å²) in [7, 11) is 0. The zero-order valence-electron chi connectivity index (χ0n) is 14.1. The van der Waals surface area contributed by atoms with Gasteiger partial charge in [-0.2, -0.15) is 0 Å². The number of piperidine rings is 1. The van der Waals surface area contributed by atoms with Crippen LogP contribution in [-0.4, -0.2) is 46.6 Å². The van der Waals surface area contributed by atoms with E-state index in [9.17, 15) is 4.79 Å². The van der Waals surface area contributed by atoms with E-state index in [1.165, 1.54) is 29.9 Å². The zero-order chi connectivity index (χ0) is 16.8. The average molecular weight is 344 g/mol. The maximum Gasteiger partial charge on any atom is 0.264 e. The summed E-state index contributed by atoms with van der Waals surface area (Å²) in [5, 5.41) is 6.95. The first-order valence-electron chi connectivity index (χ1n) is 8.56. The van der Waals surface area contributed by atoms with E-state index in [1.807, 2.05) is 6.92 Å². The molecule has 2 aromatic rings. The van der Waals surface area contributed by atoms with Gasteiger partial charge in [-0.05, 0) is 55.7 Å². The van der Waals surface area contributed by atoms with Crippen molar-refractivity contribution in [1.82, 2.24) is 19.8 Å². The molecule has 0 aliphatic carbocycles. The Morgan fingerprint density at radius 3 is 2.96 bits per heavy atom. The van der Waals surface area contributed by atoms with E-state index in [0.717, 1.165) is 32.6 Å². The Kier molecular flexibility index (Phi) is 5.93. The monoisotopic (exact) mass is 344 g/mol. The van der Waals surface area contributed by atoms with Crippen molar-refractivity contribution >= 4 is 17.4 Å². The fourth-order valence-electron chi connectivity index (χ4n) is 3.21. The summed E-state index contributed by atoms with van der Waals surface area (Å²) in [5.74, 6) is 0.489. The molecule has 128 valence electrons. The molecule has 1 saturated heterocycles. The van der Waals surface area contributed by atoms with Gasteiger partial charge in [-0.15, -0.1) is 5.10 Å². The number of amides is 1. The van der Waals surface area contributed by atoms with Crippen molar-refractivity contribution in [2.75, 3.05) is 26.2 Å². The highest BCUT2D eigenvalue weighted by molar-refractivity contribution is 7.07. The smallest absolute Gasteiger partial charge is 0.264 e. The number of carbonyl (C=O) groups excluding carboxylic acids is 1. The first-order valence-corrected chi connectivity index (χ1v) is 9.33. The Morgan fingerprint density at radius 2 is 2.21 bits per heavy atom. The van der Waals surface area contributed by atoms with E-state index in [-0.39, 0.29) is 5.91 Å². The standard InChI is InChI=1S/C18H24N4OS/c1-14-17(24-21-20-14)18(23)19-12-16-8-5-10-22(13-16)11-9-15-6-3-2-4-7-15/h2-4,6-7,16H,5,8-13H2,1H3,(H,19,23). The second-order valence-corrected chi connectivity index (χ2v) is 7.20. The number of likely N-dealkylation sites (tertiary alicyclic amines) is 1. The van der Waals surface area contributed by atoms with Crippen molar-refractivity contribution in [3.05, 3.63) is 46.5 Å². The maximum absolute atomic E-state index is 12.2.